The average molecular weight is 532 g/mol. The molecule has 0 aromatic heterocycles. The largest absolute Gasteiger partial charge is 0.359 e. The maximum Gasteiger partial charge on any atom is 0.0942 e. The lowest BCUT2D eigenvalue weighted by Crippen LogP contribution is -2.31. The monoisotopic (exact) mass is 531 g/mol. The molecule has 0 aliphatic carbocycles. The van der Waals surface area contributed by atoms with Gasteiger partial charge in [0.15, 0.2) is 0 Å². The summed E-state index contributed by atoms with van der Waals surface area (Å²) in [5.74, 6) is 0. The van der Waals surface area contributed by atoms with E-state index < -0.39 is 0 Å². The maximum atomic E-state index is 6.98. The van der Waals surface area contributed by atoms with Gasteiger partial charge in [-0.25, -0.2) is 0 Å². The highest BCUT2D eigenvalue weighted by Gasteiger charge is 2.49. The van der Waals surface area contributed by atoms with Gasteiger partial charge in [-0.05, 0) is 140 Å². The van der Waals surface area contributed by atoms with Crippen LogP contribution in [-0.4, -0.2) is 0 Å². The van der Waals surface area contributed by atoms with Crippen LogP contribution in [0.15, 0.2) is 78.9 Å². The third kappa shape index (κ3) is 4.88. The minimum atomic E-state index is -0.208. The zero-order valence-corrected chi connectivity index (χ0v) is 25.7. The molecule has 1 aliphatic heterocycles. The average Bonchev–Trinajstić information content (AvgIpc) is 3.23. The van der Waals surface area contributed by atoms with Gasteiger partial charge < -0.3 is 9.64 Å². The lowest BCUT2D eigenvalue weighted by Gasteiger charge is -2.34. The molecule has 4 aromatic carbocycles. The van der Waals surface area contributed by atoms with Crippen LogP contribution in [0.3, 0.4) is 0 Å². The number of hydrogen-bond donors (Lipinski definition) is 0. The number of benzene rings is 4. The highest BCUT2D eigenvalue weighted by atomic mass is 16.5. The van der Waals surface area contributed by atoms with E-state index in [1.807, 2.05) is 0 Å². The van der Waals surface area contributed by atoms with Crippen LogP contribution in [0.4, 0.5) is 17.1 Å². The number of aryl methyl sites for hydroxylation is 4. The van der Waals surface area contributed by atoms with Gasteiger partial charge in [0, 0.05) is 17.1 Å². The van der Waals surface area contributed by atoms with Gasteiger partial charge in [-0.2, -0.15) is 0 Å². The lowest BCUT2D eigenvalue weighted by atomic mass is 9.81. The van der Waals surface area contributed by atoms with Crippen molar-refractivity contribution < 1.29 is 4.74 Å². The van der Waals surface area contributed by atoms with Gasteiger partial charge in [0.1, 0.15) is 0 Å². The summed E-state index contributed by atoms with van der Waals surface area (Å²) in [6, 6.07) is 29.7. The Kier molecular flexibility index (Phi) is 7.68. The Balaban J connectivity index is 1.59. The zero-order valence-electron chi connectivity index (χ0n) is 25.7. The van der Waals surface area contributed by atoms with Crippen LogP contribution in [0.2, 0.25) is 0 Å². The quantitative estimate of drug-likeness (QED) is 0.224. The first-order valence-corrected chi connectivity index (χ1v) is 15.1. The molecule has 2 nitrogen and oxygen atoms in total. The molecule has 0 radical (unpaired) electrons. The molecule has 0 N–H and O–H groups in total. The Morgan fingerprint density at radius 1 is 0.475 bits per heavy atom. The van der Waals surface area contributed by atoms with Gasteiger partial charge in [0.05, 0.1) is 11.2 Å². The molecule has 208 valence electrons. The molecule has 0 spiro atoms. The van der Waals surface area contributed by atoms with Crippen molar-refractivity contribution in [2.24, 2.45) is 0 Å². The minimum Gasteiger partial charge on any atom is -0.359 e. The predicted molar refractivity (Wildman–Crippen MR) is 171 cm³/mol. The van der Waals surface area contributed by atoms with Crippen molar-refractivity contribution in [1.29, 1.82) is 0 Å². The molecule has 40 heavy (non-hydrogen) atoms. The number of anilines is 3. The van der Waals surface area contributed by atoms with Gasteiger partial charge in [-0.3, -0.25) is 0 Å². The zero-order chi connectivity index (χ0) is 28.7. The summed E-state index contributed by atoms with van der Waals surface area (Å²) in [5, 5.41) is 0. The van der Waals surface area contributed by atoms with Gasteiger partial charge in [-0.15, -0.1) is 0 Å². The Bertz CT molecular complexity index is 1410. The van der Waals surface area contributed by atoms with Crippen molar-refractivity contribution in [2.75, 3.05) is 4.90 Å². The van der Waals surface area contributed by atoms with Crippen LogP contribution in [0, 0.1) is 27.7 Å². The van der Waals surface area contributed by atoms with E-state index in [2.05, 4.69) is 139 Å². The summed E-state index contributed by atoms with van der Waals surface area (Å²) in [6.07, 6.45) is 3.97. The smallest absolute Gasteiger partial charge is 0.0942 e. The summed E-state index contributed by atoms with van der Waals surface area (Å²) in [7, 11) is 0. The second-order valence-electron chi connectivity index (χ2n) is 11.8. The van der Waals surface area contributed by atoms with E-state index >= 15 is 0 Å². The second-order valence-corrected chi connectivity index (χ2v) is 11.8. The van der Waals surface area contributed by atoms with E-state index in [1.165, 1.54) is 55.9 Å². The number of rotatable bonds is 8. The van der Waals surface area contributed by atoms with Crippen molar-refractivity contribution >= 4 is 17.1 Å². The normalized spacial score (nSPS) is 15.2. The minimum absolute atomic E-state index is 0.178. The van der Waals surface area contributed by atoms with Crippen LogP contribution in [0.5, 0.6) is 0 Å². The first-order chi connectivity index (χ1) is 19.2. The van der Waals surface area contributed by atoms with E-state index in [9.17, 15) is 0 Å². The van der Waals surface area contributed by atoms with Crippen LogP contribution in [-0.2, 0) is 15.9 Å². The molecule has 1 heterocycles. The van der Waals surface area contributed by atoms with Crippen LogP contribution >= 0.6 is 0 Å². The van der Waals surface area contributed by atoms with Crippen molar-refractivity contribution in [1.82, 2.24) is 0 Å². The first-order valence-electron chi connectivity index (χ1n) is 15.1. The summed E-state index contributed by atoms with van der Waals surface area (Å²) in [5.41, 5.74) is 13.5. The van der Waals surface area contributed by atoms with Crippen molar-refractivity contribution in [3.05, 3.63) is 112 Å². The Morgan fingerprint density at radius 2 is 0.900 bits per heavy atom. The van der Waals surface area contributed by atoms with E-state index in [0.717, 1.165) is 31.4 Å². The van der Waals surface area contributed by atoms with E-state index in [1.54, 1.807) is 0 Å². The molecule has 0 amide bonds. The molecule has 1 aliphatic rings. The molecule has 0 fully saturated rings. The third-order valence-electron chi connectivity index (χ3n) is 9.06. The molecule has 5 rings (SSSR count). The summed E-state index contributed by atoms with van der Waals surface area (Å²) >= 11 is 0. The van der Waals surface area contributed by atoms with Crippen molar-refractivity contribution in [3.63, 3.8) is 0 Å². The Labute approximate surface area is 242 Å². The number of nitrogens with zero attached hydrogens (tertiary/aromatic N) is 1. The molecule has 0 saturated carbocycles. The summed E-state index contributed by atoms with van der Waals surface area (Å²) in [6.45, 7) is 17.8. The summed E-state index contributed by atoms with van der Waals surface area (Å²) < 4.78 is 6.98. The Hall–Kier alpha value is -3.36. The molecule has 2 heteroatoms. The number of ether oxygens (including phenoxy) is 1. The predicted octanol–water partition coefficient (Wildman–Crippen LogP) is 11.1. The van der Waals surface area contributed by atoms with Gasteiger partial charge in [0.2, 0.25) is 0 Å². The first kappa shape index (κ1) is 28.2. The fourth-order valence-corrected chi connectivity index (χ4v) is 6.94. The summed E-state index contributed by atoms with van der Waals surface area (Å²) in [4.78, 5) is 2.39. The molecule has 0 atom stereocenters. The second kappa shape index (κ2) is 10.9. The van der Waals surface area contributed by atoms with Crippen molar-refractivity contribution in [2.45, 2.75) is 92.3 Å². The fourth-order valence-electron chi connectivity index (χ4n) is 6.94. The molecule has 0 unspecified atom stereocenters. The SMILES string of the molecule is CCC1(CC)OC(CC)(CC)c2cc(-c3ccc(N(c4cc(C)cc(C)c4)c4cc(C)cc(C)c4)cc3)ccc21. The van der Waals surface area contributed by atoms with Crippen LogP contribution in [0.25, 0.3) is 11.1 Å². The molecule has 4 aromatic rings. The van der Waals surface area contributed by atoms with Gasteiger partial charge in [0.25, 0.3) is 0 Å². The van der Waals surface area contributed by atoms with Gasteiger partial charge in [-0.1, -0.05) is 64.1 Å². The van der Waals surface area contributed by atoms with Gasteiger partial charge >= 0.3 is 0 Å². The van der Waals surface area contributed by atoms with Crippen molar-refractivity contribution in [3.8, 4) is 11.1 Å². The molecular weight excluding hydrogens is 486 g/mol. The lowest BCUT2D eigenvalue weighted by molar-refractivity contribution is -0.151. The Morgan fingerprint density at radius 3 is 1.35 bits per heavy atom. The van der Waals surface area contributed by atoms with E-state index in [0.29, 0.717) is 0 Å². The highest BCUT2D eigenvalue weighted by molar-refractivity contribution is 5.79. The highest BCUT2D eigenvalue weighted by Crippen LogP contribution is 2.54. The maximum absolute atomic E-state index is 6.98. The molecule has 0 bridgehead atoms. The number of hydrogen-bond acceptors (Lipinski definition) is 2. The van der Waals surface area contributed by atoms with Crippen LogP contribution in [0.1, 0.15) is 86.8 Å². The van der Waals surface area contributed by atoms with E-state index in [-0.39, 0.29) is 11.2 Å². The third-order valence-corrected chi connectivity index (χ3v) is 9.06. The molecular formula is C38H45NO. The number of fused-ring (bicyclic) bond motifs is 1. The molecule has 0 saturated heterocycles. The standard InChI is InChI=1S/C38H45NO/c1-9-37(10-2)35-18-15-31(25-36(35)38(11-3,12-4)40-37)30-13-16-32(17-14-30)39(33-21-26(5)19-27(6)22-33)34-23-28(7)20-29(8)24-34/h13-25H,9-12H2,1-8H3. The topological polar surface area (TPSA) is 12.5 Å². The van der Waals surface area contributed by atoms with E-state index in [4.69, 9.17) is 4.74 Å². The van der Waals surface area contributed by atoms with Crippen LogP contribution < -0.4 is 4.90 Å². The fraction of sp³-hybridized carbons (Fsp3) is 0.368.